The molecule has 9 heteroatoms. The van der Waals surface area contributed by atoms with Crippen molar-refractivity contribution in [1.82, 2.24) is 9.71 Å². The molecule has 0 amide bonds. The van der Waals surface area contributed by atoms with Gasteiger partial charge in [0, 0.05) is 24.5 Å². The second kappa shape index (κ2) is 6.62. The Morgan fingerprint density at radius 2 is 1.82 bits per heavy atom. The third-order valence-electron chi connectivity index (χ3n) is 2.75. The number of rotatable bonds is 5. The Hall–Kier alpha value is -1.67. The number of nitrogens with one attached hydrogen (secondary N) is 1. The molecule has 1 aromatic carbocycles. The summed E-state index contributed by atoms with van der Waals surface area (Å²) in [7, 11) is -4.01. The predicted molar refractivity (Wildman–Crippen MR) is 79.1 cm³/mol. The molecule has 22 heavy (non-hydrogen) atoms. The number of aromatic carboxylic acids is 1. The van der Waals surface area contributed by atoms with E-state index < -0.39 is 21.6 Å². The predicted octanol–water partition coefficient (Wildman–Crippen LogP) is 1.23. The first-order chi connectivity index (χ1) is 10.3. The van der Waals surface area contributed by atoms with Crippen LogP contribution in [0.25, 0.3) is 0 Å². The molecule has 0 fully saturated rings. The lowest BCUT2D eigenvalue weighted by Crippen LogP contribution is -2.26. The first-order valence-electron chi connectivity index (χ1n) is 5.90. The molecule has 6 nitrogen and oxygen atoms in total. The molecule has 0 radical (unpaired) electrons. The van der Waals surface area contributed by atoms with Crippen LogP contribution >= 0.6 is 23.2 Å². The highest BCUT2D eigenvalue weighted by molar-refractivity contribution is 7.89. The Labute approximate surface area is 136 Å². The topological polar surface area (TPSA) is 99.2 Å². The lowest BCUT2D eigenvalue weighted by molar-refractivity contribution is -0.255. The molecule has 1 aromatic heterocycles. The Bertz CT molecular complexity index is 810. The van der Waals surface area contributed by atoms with Crippen LogP contribution in [0.5, 0.6) is 0 Å². The molecule has 1 N–H and O–H groups in total. The number of benzene rings is 1. The van der Waals surface area contributed by atoms with Crippen molar-refractivity contribution in [1.29, 1.82) is 0 Å². The summed E-state index contributed by atoms with van der Waals surface area (Å²) in [4.78, 5) is 14.4. The smallest absolute Gasteiger partial charge is 0.242 e. The number of pyridine rings is 1. The van der Waals surface area contributed by atoms with E-state index >= 15 is 0 Å². The molecule has 2 rings (SSSR count). The van der Waals surface area contributed by atoms with E-state index in [1.165, 1.54) is 12.4 Å². The average molecular weight is 360 g/mol. The summed E-state index contributed by atoms with van der Waals surface area (Å²) < 4.78 is 26.8. The van der Waals surface area contributed by atoms with E-state index in [0.29, 0.717) is 5.56 Å². The quantitative estimate of drug-likeness (QED) is 0.865. The van der Waals surface area contributed by atoms with E-state index in [1.54, 1.807) is 12.1 Å². The average Bonchev–Trinajstić information content (AvgIpc) is 2.45. The van der Waals surface area contributed by atoms with E-state index in [1.807, 2.05) is 0 Å². The minimum Gasteiger partial charge on any atom is -0.545 e. The van der Waals surface area contributed by atoms with Gasteiger partial charge in [-0.05, 0) is 29.8 Å². The molecule has 0 atom stereocenters. The molecule has 0 aliphatic carbocycles. The fourth-order valence-electron chi connectivity index (χ4n) is 1.65. The summed E-state index contributed by atoms with van der Waals surface area (Å²) >= 11 is 11.5. The van der Waals surface area contributed by atoms with Crippen molar-refractivity contribution < 1.29 is 18.3 Å². The number of carbonyl (C=O) groups is 1. The summed E-state index contributed by atoms with van der Waals surface area (Å²) in [5.41, 5.74) is 0.235. The van der Waals surface area contributed by atoms with Gasteiger partial charge >= 0.3 is 0 Å². The van der Waals surface area contributed by atoms with Crippen LogP contribution in [0, 0.1) is 0 Å². The second-order valence-electron chi connectivity index (χ2n) is 4.23. The molecule has 0 saturated carbocycles. The lowest BCUT2D eigenvalue weighted by Gasteiger charge is -2.12. The summed E-state index contributed by atoms with van der Waals surface area (Å²) in [6.07, 6.45) is 3.04. The molecular weight excluding hydrogens is 351 g/mol. The number of aromatic nitrogens is 1. The van der Waals surface area contributed by atoms with Crippen molar-refractivity contribution in [3.63, 3.8) is 0 Å². The van der Waals surface area contributed by atoms with Gasteiger partial charge in [0.15, 0.2) is 0 Å². The number of carboxylic acid groups (broad SMARTS) is 1. The normalized spacial score (nSPS) is 11.4. The SMILES string of the molecule is O=C([O-])c1cc(S(=O)(=O)NCc2ccncc2)c(Cl)cc1Cl. The molecule has 0 aliphatic heterocycles. The van der Waals surface area contributed by atoms with Crippen LogP contribution in [0.3, 0.4) is 0 Å². The van der Waals surface area contributed by atoms with Gasteiger partial charge in [-0.1, -0.05) is 23.2 Å². The Kier molecular flexibility index (Phi) is 5.02. The van der Waals surface area contributed by atoms with Crippen LogP contribution in [0.1, 0.15) is 15.9 Å². The fourth-order valence-corrected chi connectivity index (χ4v) is 3.51. The van der Waals surface area contributed by atoms with Gasteiger partial charge in [0.1, 0.15) is 4.90 Å². The van der Waals surface area contributed by atoms with Gasteiger partial charge in [0.25, 0.3) is 0 Å². The molecule has 1 heterocycles. The van der Waals surface area contributed by atoms with Crippen molar-refractivity contribution in [2.24, 2.45) is 0 Å². The van der Waals surface area contributed by atoms with Crippen LogP contribution in [0.15, 0.2) is 41.6 Å². The minimum absolute atomic E-state index is 0.00443. The van der Waals surface area contributed by atoms with Gasteiger partial charge in [0.2, 0.25) is 10.0 Å². The lowest BCUT2D eigenvalue weighted by atomic mass is 10.2. The Balaban J connectivity index is 2.33. The van der Waals surface area contributed by atoms with Crippen molar-refractivity contribution in [3.05, 3.63) is 57.8 Å². The zero-order chi connectivity index (χ0) is 16.3. The van der Waals surface area contributed by atoms with E-state index in [0.717, 1.165) is 12.1 Å². The number of halogens is 2. The molecule has 0 bridgehead atoms. The number of sulfonamides is 1. The zero-order valence-corrected chi connectivity index (χ0v) is 13.2. The monoisotopic (exact) mass is 359 g/mol. The molecule has 2 aromatic rings. The number of hydrogen-bond acceptors (Lipinski definition) is 5. The van der Waals surface area contributed by atoms with Gasteiger partial charge in [-0.15, -0.1) is 0 Å². The van der Waals surface area contributed by atoms with Crippen LogP contribution in [-0.4, -0.2) is 19.4 Å². The van der Waals surface area contributed by atoms with Gasteiger partial charge in [-0.25, -0.2) is 13.1 Å². The Morgan fingerprint density at radius 1 is 1.18 bits per heavy atom. The molecule has 0 saturated heterocycles. The van der Waals surface area contributed by atoms with Crippen LogP contribution in [-0.2, 0) is 16.6 Å². The standard InChI is InChI=1S/C13H10Cl2N2O4S/c14-10-6-11(15)12(5-9(10)13(18)19)22(20,21)17-7-8-1-3-16-4-2-8/h1-6,17H,7H2,(H,18,19)/p-1. The summed E-state index contributed by atoms with van der Waals surface area (Å²) in [5.74, 6) is -1.59. The van der Waals surface area contributed by atoms with Crippen LogP contribution < -0.4 is 9.83 Å². The minimum atomic E-state index is -4.01. The van der Waals surface area contributed by atoms with Gasteiger partial charge in [-0.3, -0.25) is 4.98 Å². The third kappa shape index (κ3) is 3.75. The highest BCUT2D eigenvalue weighted by Crippen LogP contribution is 2.28. The molecule has 0 spiro atoms. The van der Waals surface area contributed by atoms with Crippen molar-refractivity contribution in [2.45, 2.75) is 11.4 Å². The number of carbonyl (C=O) groups excluding carboxylic acids is 1. The van der Waals surface area contributed by atoms with Crippen LogP contribution in [0.4, 0.5) is 0 Å². The molecular formula is C13H9Cl2N2O4S-. The highest BCUT2D eigenvalue weighted by Gasteiger charge is 2.20. The van der Waals surface area contributed by atoms with Gasteiger partial charge < -0.3 is 9.90 Å². The van der Waals surface area contributed by atoms with Crippen molar-refractivity contribution >= 4 is 39.2 Å². The Morgan fingerprint density at radius 3 is 2.41 bits per heavy atom. The zero-order valence-electron chi connectivity index (χ0n) is 10.9. The van der Waals surface area contributed by atoms with Gasteiger partial charge in [-0.2, -0.15) is 0 Å². The summed E-state index contributed by atoms with van der Waals surface area (Å²) in [6, 6.07) is 5.20. The summed E-state index contributed by atoms with van der Waals surface area (Å²) in [5, 5.41) is 10.6. The number of carboxylic acids is 1. The first kappa shape index (κ1) is 16.7. The number of hydrogen-bond donors (Lipinski definition) is 1. The van der Waals surface area contributed by atoms with Crippen molar-refractivity contribution in [2.75, 3.05) is 0 Å². The van der Waals surface area contributed by atoms with Gasteiger partial charge in [0.05, 0.1) is 16.0 Å². The van der Waals surface area contributed by atoms with E-state index in [9.17, 15) is 18.3 Å². The first-order valence-corrected chi connectivity index (χ1v) is 8.14. The molecule has 116 valence electrons. The maximum Gasteiger partial charge on any atom is 0.242 e. The summed E-state index contributed by atoms with van der Waals surface area (Å²) in [6.45, 7) is 0.00443. The van der Waals surface area contributed by atoms with Crippen molar-refractivity contribution in [3.8, 4) is 0 Å². The van der Waals surface area contributed by atoms with E-state index in [2.05, 4.69) is 9.71 Å². The number of nitrogens with zero attached hydrogens (tertiary/aromatic N) is 1. The van der Waals surface area contributed by atoms with Crippen LogP contribution in [0.2, 0.25) is 10.0 Å². The second-order valence-corrected chi connectivity index (χ2v) is 6.78. The molecule has 0 unspecified atom stereocenters. The largest absolute Gasteiger partial charge is 0.545 e. The van der Waals surface area contributed by atoms with E-state index in [-0.39, 0.29) is 21.5 Å². The maximum absolute atomic E-state index is 12.2. The fraction of sp³-hybridized carbons (Fsp3) is 0.0769. The maximum atomic E-state index is 12.2. The third-order valence-corrected chi connectivity index (χ3v) is 4.93. The molecule has 0 aliphatic rings. The van der Waals surface area contributed by atoms with E-state index in [4.69, 9.17) is 23.2 Å². The highest BCUT2D eigenvalue weighted by atomic mass is 35.5.